The fourth-order valence-electron chi connectivity index (χ4n) is 0.905. The zero-order valence-electron chi connectivity index (χ0n) is 9.21. The van der Waals surface area contributed by atoms with E-state index in [0.717, 1.165) is 10.9 Å². The molecule has 0 aromatic heterocycles. The third kappa shape index (κ3) is 4.65. The van der Waals surface area contributed by atoms with Gasteiger partial charge in [-0.15, -0.1) is 0 Å². The van der Waals surface area contributed by atoms with E-state index in [1.165, 1.54) is 11.8 Å². The molecule has 1 rings (SSSR count). The van der Waals surface area contributed by atoms with Crippen LogP contribution in [0.3, 0.4) is 0 Å². The lowest BCUT2D eigenvalue weighted by atomic mass is 10.3. The fourth-order valence-corrected chi connectivity index (χ4v) is 1.25. The van der Waals surface area contributed by atoms with Crippen LogP contribution in [0, 0.1) is 0 Å². The third-order valence-electron chi connectivity index (χ3n) is 1.56. The highest BCUT2D eigenvalue weighted by Gasteiger charge is 1.93. The van der Waals surface area contributed by atoms with Gasteiger partial charge in [-0.25, -0.2) is 9.98 Å². The summed E-state index contributed by atoms with van der Waals surface area (Å²) < 4.78 is 0. The number of aliphatic imine (C=N–C) groups is 2. The second-order valence-electron chi connectivity index (χ2n) is 3.14. The molecule has 0 saturated carbocycles. The van der Waals surface area contributed by atoms with Crippen LogP contribution in [0.4, 0.5) is 5.69 Å². The van der Waals surface area contributed by atoms with E-state index < -0.39 is 0 Å². The summed E-state index contributed by atoms with van der Waals surface area (Å²) in [5, 5.41) is 0.759. The molecule has 0 unspecified atom stereocenters. The summed E-state index contributed by atoms with van der Waals surface area (Å²) in [6, 6.07) is 9.82. The fraction of sp³-hybridized carbons (Fsp3) is 0.273. The van der Waals surface area contributed by atoms with E-state index in [2.05, 4.69) is 9.98 Å². The van der Waals surface area contributed by atoms with Crippen molar-refractivity contribution >= 4 is 29.0 Å². The van der Waals surface area contributed by atoms with Crippen molar-refractivity contribution in [1.82, 2.24) is 4.90 Å². The van der Waals surface area contributed by atoms with Gasteiger partial charge in [-0.3, -0.25) is 0 Å². The molecule has 0 spiro atoms. The lowest BCUT2D eigenvalue weighted by Crippen LogP contribution is -2.08. The van der Waals surface area contributed by atoms with E-state index in [0.29, 0.717) is 0 Å². The molecule has 1 aromatic carbocycles. The number of amidine groups is 1. The Labute approximate surface area is 94.9 Å². The normalized spacial score (nSPS) is 12.1. The highest BCUT2D eigenvalue weighted by molar-refractivity contribution is 8.13. The third-order valence-corrected chi connectivity index (χ3v) is 2.12. The first-order valence-electron chi connectivity index (χ1n) is 4.60. The average molecular weight is 221 g/mol. The first-order valence-corrected chi connectivity index (χ1v) is 5.83. The maximum Gasteiger partial charge on any atom is 0.189 e. The summed E-state index contributed by atoms with van der Waals surface area (Å²) in [6.45, 7) is 0. The van der Waals surface area contributed by atoms with Gasteiger partial charge in [-0.1, -0.05) is 30.0 Å². The quantitative estimate of drug-likeness (QED) is 0.567. The van der Waals surface area contributed by atoms with Crippen molar-refractivity contribution in [2.75, 3.05) is 20.4 Å². The van der Waals surface area contributed by atoms with E-state index in [-0.39, 0.29) is 0 Å². The van der Waals surface area contributed by atoms with Gasteiger partial charge in [0.05, 0.1) is 12.0 Å². The van der Waals surface area contributed by atoms with E-state index in [1.807, 2.05) is 55.6 Å². The number of hydrogen-bond donors (Lipinski definition) is 0. The first-order chi connectivity index (χ1) is 7.22. The minimum absolute atomic E-state index is 0.759. The highest BCUT2D eigenvalue weighted by Crippen LogP contribution is 2.13. The predicted molar refractivity (Wildman–Crippen MR) is 69.2 cm³/mol. The van der Waals surface area contributed by atoms with Gasteiger partial charge in [0.1, 0.15) is 0 Å². The van der Waals surface area contributed by atoms with Crippen molar-refractivity contribution in [2.45, 2.75) is 0 Å². The molecule has 3 nitrogen and oxygen atoms in total. The van der Waals surface area contributed by atoms with Gasteiger partial charge in [-0.05, 0) is 18.4 Å². The monoisotopic (exact) mass is 221 g/mol. The number of para-hydroxylation sites is 1. The lowest BCUT2D eigenvalue weighted by Gasteiger charge is -2.02. The second-order valence-corrected chi connectivity index (χ2v) is 3.92. The van der Waals surface area contributed by atoms with E-state index in [1.54, 1.807) is 6.34 Å². The van der Waals surface area contributed by atoms with Crippen LogP contribution in [0.15, 0.2) is 40.3 Å². The van der Waals surface area contributed by atoms with Crippen molar-refractivity contribution in [3.63, 3.8) is 0 Å². The molecule has 0 N–H and O–H groups in total. The molecular formula is C11H15N3S. The van der Waals surface area contributed by atoms with Crippen LogP contribution < -0.4 is 0 Å². The van der Waals surface area contributed by atoms with Crippen LogP contribution >= 0.6 is 11.8 Å². The standard InChI is InChI=1S/C11H15N3S/c1-14(2)9-12-11(15-3)13-10-7-5-4-6-8-10/h4-9H,1-3H3/b12-9+,13-11?. The van der Waals surface area contributed by atoms with Crippen molar-refractivity contribution in [3.05, 3.63) is 30.3 Å². The molecule has 80 valence electrons. The van der Waals surface area contributed by atoms with Gasteiger partial charge < -0.3 is 4.90 Å². The van der Waals surface area contributed by atoms with Crippen molar-refractivity contribution in [2.24, 2.45) is 9.98 Å². The summed E-state index contributed by atoms with van der Waals surface area (Å²) in [5.41, 5.74) is 0.928. The minimum atomic E-state index is 0.759. The maximum atomic E-state index is 4.40. The average Bonchev–Trinajstić information content (AvgIpc) is 2.25. The Bertz CT molecular complexity index is 344. The van der Waals surface area contributed by atoms with Gasteiger partial charge in [0.25, 0.3) is 0 Å². The maximum absolute atomic E-state index is 4.40. The van der Waals surface area contributed by atoms with Crippen molar-refractivity contribution in [3.8, 4) is 0 Å². The summed E-state index contributed by atoms with van der Waals surface area (Å²) in [7, 11) is 3.87. The second kappa shape index (κ2) is 6.24. The number of rotatable bonds is 2. The molecular weight excluding hydrogens is 206 g/mol. The minimum Gasteiger partial charge on any atom is -0.369 e. The van der Waals surface area contributed by atoms with Crippen LogP contribution in [0.2, 0.25) is 0 Å². The Kier molecular flexibility index (Phi) is 4.90. The molecule has 4 heteroatoms. The van der Waals surface area contributed by atoms with Gasteiger partial charge >= 0.3 is 0 Å². The van der Waals surface area contributed by atoms with Crippen LogP contribution in [0.5, 0.6) is 0 Å². The SMILES string of the molecule is CSC(=Nc1ccccc1)/N=C/N(C)C. The smallest absolute Gasteiger partial charge is 0.189 e. The zero-order chi connectivity index (χ0) is 11.1. The van der Waals surface area contributed by atoms with Gasteiger partial charge in [0.2, 0.25) is 0 Å². The molecule has 1 aromatic rings. The molecule has 0 radical (unpaired) electrons. The molecule has 0 aliphatic carbocycles. The Morgan fingerprint density at radius 2 is 1.93 bits per heavy atom. The largest absolute Gasteiger partial charge is 0.369 e. The van der Waals surface area contributed by atoms with Crippen molar-refractivity contribution in [1.29, 1.82) is 0 Å². The van der Waals surface area contributed by atoms with Crippen LogP contribution in [0.25, 0.3) is 0 Å². The highest BCUT2D eigenvalue weighted by atomic mass is 32.2. The first kappa shape index (κ1) is 11.8. The predicted octanol–water partition coefficient (Wildman–Crippen LogP) is 2.63. The van der Waals surface area contributed by atoms with Crippen molar-refractivity contribution < 1.29 is 0 Å². The Balaban J connectivity index is 2.79. The summed E-state index contributed by atoms with van der Waals surface area (Å²) in [6.07, 6.45) is 3.72. The van der Waals surface area contributed by atoms with Gasteiger partial charge in [0, 0.05) is 14.1 Å². The van der Waals surface area contributed by atoms with Gasteiger partial charge in [0.15, 0.2) is 5.17 Å². The molecule has 0 aliphatic rings. The molecule has 0 amide bonds. The summed E-state index contributed by atoms with van der Waals surface area (Å²) >= 11 is 1.53. The molecule has 0 bridgehead atoms. The molecule has 0 aliphatic heterocycles. The van der Waals surface area contributed by atoms with Crippen LogP contribution in [0.1, 0.15) is 0 Å². The Morgan fingerprint density at radius 1 is 1.27 bits per heavy atom. The topological polar surface area (TPSA) is 28.0 Å². The molecule has 15 heavy (non-hydrogen) atoms. The summed E-state index contributed by atoms with van der Waals surface area (Å²) in [5.74, 6) is 0. The van der Waals surface area contributed by atoms with Crippen LogP contribution in [-0.4, -0.2) is 36.8 Å². The number of benzene rings is 1. The molecule has 0 saturated heterocycles. The Morgan fingerprint density at radius 3 is 2.47 bits per heavy atom. The molecule has 0 atom stereocenters. The number of nitrogens with zero attached hydrogens (tertiary/aromatic N) is 3. The molecule has 0 heterocycles. The molecule has 0 fully saturated rings. The lowest BCUT2D eigenvalue weighted by molar-refractivity contribution is 0.644. The summed E-state index contributed by atoms with van der Waals surface area (Å²) in [4.78, 5) is 10.5. The number of hydrogen-bond acceptors (Lipinski definition) is 2. The number of thioether (sulfide) groups is 1. The van der Waals surface area contributed by atoms with Gasteiger partial charge in [-0.2, -0.15) is 0 Å². The van der Waals surface area contributed by atoms with Crippen LogP contribution in [-0.2, 0) is 0 Å². The Hall–Kier alpha value is -1.29. The van der Waals surface area contributed by atoms with E-state index in [4.69, 9.17) is 0 Å². The van der Waals surface area contributed by atoms with E-state index >= 15 is 0 Å². The van der Waals surface area contributed by atoms with E-state index in [9.17, 15) is 0 Å². The zero-order valence-corrected chi connectivity index (χ0v) is 10.0.